The minimum atomic E-state index is -3.53. The molecule has 0 aliphatic carbocycles. The monoisotopic (exact) mass is 354 g/mol. The molecule has 1 heterocycles. The smallest absolute Gasteiger partial charge is 0.243 e. The fourth-order valence-corrected chi connectivity index (χ4v) is 3.96. The normalized spacial score (nSPS) is 18.3. The maximum atomic E-state index is 12.7. The Bertz CT molecular complexity index is 668. The zero-order valence-electron chi connectivity index (χ0n) is 14.2. The van der Waals surface area contributed by atoms with Crippen LogP contribution in [0.1, 0.15) is 19.8 Å². The van der Waals surface area contributed by atoms with Gasteiger partial charge in [0.15, 0.2) is 0 Å². The Hall–Kier alpha value is -1.48. The molecule has 0 radical (unpaired) electrons. The minimum Gasteiger partial charge on any atom is -0.328 e. The van der Waals surface area contributed by atoms with E-state index in [9.17, 15) is 13.2 Å². The zero-order valence-corrected chi connectivity index (χ0v) is 15.1. The predicted octanol–water partition coefficient (Wildman–Crippen LogP) is 0.689. The minimum absolute atomic E-state index is 0.0419. The zero-order chi connectivity index (χ0) is 17.7. The van der Waals surface area contributed by atoms with Crippen LogP contribution in [0.2, 0.25) is 0 Å². The van der Waals surface area contributed by atoms with Crippen LogP contribution in [0.4, 0.5) is 5.69 Å². The molecule has 0 bridgehead atoms. The molecule has 1 unspecified atom stereocenters. The van der Waals surface area contributed by atoms with Crippen LogP contribution in [0, 0.1) is 0 Å². The molecule has 1 aliphatic heterocycles. The van der Waals surface area contributed by atoms with Gasteiger partial charge >= 0.3 is 0 Å². The van der Waals surface area contributed by atoms with Crippen molar-refractivity contribution in [2.45, 2.75) is 30.7 Å². The fraction of sp³-hybridized carbons (Fsp3) is 0.562. The number of nitrogens with zero attached hydrogens (tertiary/aromatic N) is 2. The number of likely N-dealkylation sites (N-methyl/N-ethyl adjacent to an activating group) is 1. The largest absolute Gasteiger partial charge is 0.328 e. The number of rotatable bonds is 6. The molecule has 0 aromatic heterocycles. The van der Waals surface area contributed by atoms with Gasteiger partial charge in [0.25, 0.3) is 0 Å². The summed E-state index contributed by atoms with van der Waals surface area (Å²) in [5.74, 6) is -0.165. The molecular formula is C16H26N4O3S. The van der Waals surface area contributed by atoms with Crippen LogP contribution < -0.4 is 11.1 Å². The molecule has 24 heavy (non-hydrogen) atoms. The number of carbonyl (C=O) groups excluding carboxylic acids is 1. The highest BCUT2D eigenvalue weighted by molar-refractivity contribution is 7.89. The van der Waals surface area contributed by atoms with E-state index in [1.54, 1.807) is 18.2 Å². The Labute approximate surface area is 143 Å². The molecule has 0 saturated carbocycles. The van der Waals surface area contributed by atoms with Gasteiger partial charge in [0.05, 0.1) is 4.90 Å². The van der Waals surface area contributed by atoms with E-state index in [1.807, 2.05) is 14.0 Å². The Morgan fingerprint density at radius 3 is 2.58 bits per heavy atom. The fourth-order valence-electron chi connectivity index (χ4n) is 2.49. The Kier molecular flexibility index (Phi) is 6.34. The summed E-state index contributed by atoms with van der Waals surface area (Å²) in [4.78, 5) is 14.2. The van der Waals surface area contributed by atoms with Gasteiger partial charge in [-0.3, -0.25) is 4.79 Å². The molecule has 1 saturated heterocycles. The number of hydrogen-bond donors (Lipinski definition) is 2. The second-order valence-electron chi connectivity index (χ2n) is 6.30. The maximum Gasteiger partial charge on any atom is 0.243 e. The first-order valence-electron chi connectivity index (χ1n) is 8.13. The SMILES string of the molecule is CC(N)CCC(=O)Nc1cccc(S(=O)(=O)N2CCN(C)CC2)c1. The van der Waals surface area contributed by atoms with Crippen molar-refractivity contribution in [1.29, 1.82) is 0 Å². The molecule has 1 amide bonds. The Morgan fingerprint density at radius 1 is 1.29 bits per heavy atom. The van der Waals surface area contributed by atoms with E-state index < -0.39 is 10.0 Å². The summed E-state index contributed by atoms with van der Waals surface area (Å²) in [5.41, 5.74) is 6.13. The molecule has 7 nitrogen and oxygen atoms in total. The van der Waals surface area contributed by atoms with Gasteiger partial charge in [-0.1, -0.05) is 6.07 Å². The molecule has 3 N–H and O–H groups in total. The average molecular weight is 354 g/mol. The third-order valence-corrected chi connectivity index (χ3v) is 5.94. The highest BCUT2D eigenvalue weighted by Gasteiger charge is 2.27. The van der Waals surface area contributed by atoms with Gasteiger partial charge in [0, 0.05) is 44.3 Å². The molecular weight excluding hydrogens is 328 g/mol. The van der Waals surface area contributed by atoms with Crippen LogP contribution in [0.5, 0.6) is 0 Å². The quantitative estimate of drug-likeness (QED) is 0.783. The van der Waals surface area contributed by atoms with E-state index >= 15 is 0 Å². The third kappa shape index (κ3) is 5.01. The molecule has 134 valence electrons. The summed E-state index contributed by atoms with van der Waals surface area (Å²) in [7, 11) is -1.56. The van der Waals surface area contributed by atoms with Gasteiger partial charge in [0.2, 0.25) is 15.9 Å². The first kappa shape index (κ1) is 18.9. The summed E-state index contributed by atoms with van der Waals surface area (Å²) in [5, 5.41) is 2.73. The number of nitrogens with one attached hydrogen (secondary N) is 1. The summed E-state index contributed by atoms with van der Waals surface area (Å²) < 4.78 is 26.9. The lowest BCUT2D eigenvalue weighted by Gasteiger charge is -2.31. The Balaban J connectivity index is 2.07. The standard InChI is InChI=1S/C16H26N4O3S/c1-13(17)6-7-16(21)18-14-4-3-5-15(12-14)24(22,23)20-10-8-19(2)9-11-20/h3-5,12-13H,6-11,17H2,1-2H3,(H,18,21). The molecule has 1 aromatic carbocycles. The van der Waals surface area contributed by atoms with Gasteiger partial charge < -0.3 is 16.0 Å². The molecule has 1 aromatic rings. The van der Waals surface area contributed by atoms with Crippen molar-refractivity contribution in [3.05, 3.63) is 24.3 Å². The van der Waals surface area contributed by atoms with Crippen molar-refractivity contribution in [2.24, 2.45) is 5.73 Å². The summed E-state index contributed by atoms with van der Waals surface area (Å²) in [6, 6.07) is 6.36. The highest BCUT2D eigenvalue weighted by Crippen LogP contribution is 2.21. The summed E-state index contributed by atoms with van der Waals surface area (Å²) >= 11 is 0. The molecule has 1 fully saturated rings. The van der Waals surface area contributed by atoms with E-state index in [4.69, 9.17) is 5.73 Å². The lowest BCUT2D eigenvalue weighted by Crippen LogP contribution is -2.47. The first-order valence-corrected chi connectivity index (χ1v) is 9.57. The van der Waals surface area contributed by atoms with Crippen LogP contribution in [0.15, 0.2) is 29.2 Å². The first-order chi connectivity index (χ1) is 11.3. The van der Waals surface area contributed by atoms with E-state index in [0.29, 0.717) is 44.7 Å². The topological polar surface area (TPSA) is 95.7 Å². The summed E-state index contributed by atoms with van der Waals surface area (Å²) in [6.07, 6.45) is 0.901. The van der Waals surface area contributed by atoms with Crippen LogP contribution in [-0.4, -0.2) is 62.8 Å². The maximum absolute atomic E-state index is 12.7. The van der Waals surface area contributed by atoms with Crippen LogP contribution in [-0.2, 0) is 14.8 Å². The molecule has 0 spiro atoms. The number of carbonyl (C=O) groups is 1. The van der Waals surface area contributed by atoms with Crippen LogP contribution in [0.25, 0.3) is 0 Å². The Morgan fingerprint density at radius 2 is 1.96 bits per heavy atom. The number of amides is 1. The number of hydrogen-bond acceptors (Lipinski definition) is 5. The number of anilines is 1. The van der Waals surface area contributed by atoms with Crippen LogP contribution >= 0.6 is 0 Å². The number of sulfonamides is 1. The molecule has 8 heteroatoms. The van der Waals surface area contributed by atoms with Crippen LogP contribution in [0.3, 0.4) is 0 Å². The lowest BCUT2D eigenvalue weighted by molar-refractivity contribution is -0.116. The number of nitrogens with two attached hydrogens (primary N) is 1. The highest BCUT2D eigenvalue weighted by atomic mass is 32.2. The van der Waals surface area contributed by atoms with Gasteiger partial charge in [-0.2, -0.15) is 4.31 Å². The summed E-state index contributed by atoms with van der Waals surface area (Å²) in [6.45, 7) is 4.23. The average Bonchev–Trinajstić information content (AvgIpc) is 2.53. The van der Waals surface area contributed by atoms with E-state index in [-0.39, 0.29) is 16.8 Å². The predicted molar refractivity (Wildman–Crippen MR) is 94.2 cm³/mol. The van der Waals surface area contributed by atoms with Gasteiger partial charge in [0.1, 0.15) is 0 Å². The van der Waals surface area contributed by atoms with Crippen molar-refractivity contribution in [3.8, 4) is 0 Å². The second-order valence-corrected chi connectivity index (χ2v) is 8.24. The molecule has 2 rings (SSSR count). The van der Waals surface area contributed by atoms with Crippen molar-refractivity contribution < 1.29 is 13.2 Å². The van der Waals surface area contributed by atoms with Crippen molar-refractivity contribution in [2.75, 3.05) is 38.5 Å². The molecule has 1 atom stereocenters. The number of piperazine rings is 1. The molecule has 1 aliphatic rings. The van der Waals surface area contributed by atoms with Gasteiger partial charge in [-0.05, 0) is 38.6 Å². The van der Waals surface area contributed by atoms with E-state index in [2.05, 4.69) is 10.2 Å². The van der Waals surface area contributed by atoms with Crippen molar-refractivity contribution in [1.82, 2.24) is 9.21 Å². The van der Waals surface area contributed by atoms with E-state index in [0.717, 1.165) is 0 Å². The van der Waals surface area contributed by atoms with Crippen molar-refractivity contribution in [3.63, 3.8) is 0 Å². The second kappa shape index (κ2) is 8.06. The third-order valence-electron chi connectivity index (χ3n) is 4.04. The van der Waals surface area contributed by atoms with Gasteiger partial charge in [-0.15, -0.1) is 0 Å². The lowest BCUT2D eigenvalue weighted by atomic mass is 10.2. The van der Waals surface area contributed by atoms with Gasteiger partial charge in [-0.25, -0.2) is 8.42 Å². The van der Waals surface area contributed by atoms with E-state index in [1.165, 1.54) is 10.4 Å². The van der Waals surface area contributed by atoms with Crippen molar-refractivity contribution >= 4 is 21.6 Å². The number of benzene rings is 1.